The van der Waals surface area contributed by atoms with E-state index >= 15 is 0 Å². The molecule has 3 amide bonds. The summed E-state index contributed by atoms with van der Waals surface area (Å²) in [5, 5.41) is 8.01. The fraction of sp³-hybridized carbons (Fsp3) is 0.292. The molecule has 0 radical (unpaired) electrons. The number of halogens is 1. The lowest BCUT2D eigenvalue weighted by Crippen LogP contribution is -2.34. The third-order valence-corrected chi connectivity index (χ3v) is 4.00. The van der Waals surface area contributed by atoms with E-state index in [0.717, 1.165) is 5.56 Å². The molecular weight excluding hydrogens is 413 g/mol. The van der Waals surface area contributed by atoms with E-state index in [9.17, 15) is 18.8 Å². The Morgan fingerprint density at radius 2 is 1.75 bits per heavy atom. The molecule has 0 saturated heterocycles. The van der Waals surface area contributed by atoms with Crippen molar-refractivity contribution in [3.63, 3.8) is 0 Å². The molecule has 0 aliphatic heterocycles. The topological polar surface area (TPSA) is 96.5 Å². The molecular formula is C24H28FN3O4. The van der Waals surface area contributed by atoms with E-state index in [2.05, 4.69) is 16.0 Å². The van der Waals surface area contributed by atoms with Crippen molar-refractivity contribution in [2.45, 2.75) is 39.3 Å². The number of carbonyl (C=O) groups is 3. The first-order valence-corrected chi connectivity index (χ1v) is 10.2. The average molecular weight is 442 g/mol. The maximum atomic E-state index is 13.1. The van der Waals surface area contributed by atoms with Gasteiger partial charge in [0.15, 0.2) is 0 Å². The van der Waals surface area contributed by atoms with Crippen LogP contribution in [0.5, 0.6) is 0 Å². The smallest absolute Gasteiger partial charge is 0.407 e. The molecule has 170 valence electrons. The van der Waals surface area contributed by atoms with Crippen LogP contribution < -0.4 is 16.0 Å². The zero-order valence-electron chi connectivity index (χ0n) is 18.4. The second kappa shape index (κ2) is 11.6. The van der Waals surface area contributed by atoms with Crippen LogP contribution in [0, 0.1) is 5.82 Å². The second-order valence-electron chi connectivity index (χ2n) is 8.03. The Hall–Kier alpha value is -3.68. The van der Waals surface area contributed by atoms with E-state index in [4.69, 9.17) is 4.74 Å². The van der Waals surface area contributed by atoms with Crippen LogP contribution in [0.25, 0.3) is 6.08 Å². The number of amides is 3. The molecule has 0 spiro atoms. The molecule has 2 rings (SSSR count). The fourth-order valence-electron chi connectivity index (χ4n) is 2.55. The largest absolute Gasteiger partial charge is 0.444 e. The number of ether oxygens (including phenoxy) is 1. The molecule has 32 heavy (non-hydrogen) atoms. The SMILES string of the molecule is CC(C)(C)OC(=O)NCCC(=O)Nc1ccc(CNC(=O)/C=C/c2cccc(F)c2)cc1. The lowest BCUT2D eigenvalue weighted by Gasteiger charge is -2.19. The van der Waals surface area contributed by atoms with Gasteiger partial charge in [0.05, 0.1) is 0 Å². The molecule has 0 fully saturated rings. The monoisotopic (exact) mass is 441 g/mol. The van der Waals surface area contributed by atoms with Gasteiger partial charge in [-0.3, -0.25) is 9.59 Å². The zero-order chi connectivity index (χ0) is 23.6. The number of carbonyl (C=O) groups excluding carboxylic acids is 3. The highest BCUT2D eigenvalue weighted by Crippen LogP contribution is 2.10. The lowest BCUT2D eigenvalue weighted by atomic mass is 10.2. The van der Waals surface area contributed by atoms with Crippen LogP contribution in [-0.4, -0.2) is 30.1 Å². The molecule has 0 saturated carbocycles. The Morgan fingerprint density at radius 1 is 1.03 bits per heavy atom. The summed E-state index contributed by atoms with van der Waals surface area (Å²) in [6.07, 6.45) is 2.42. The van der Waals surface area contributed by atoms with Crippen molar-refractivity contribution in [1.82, 2.24) is 10.6 Å². The van der Waals surface area contributed by atoms with E-state index < -0.39 is 11.7 Å². The Bertz CT molecular complexity index is 966. The minimum atomic E-state index is -0.592. The van der Waals surface area contributed by atoms with Crippen molar-refractivity contribution in [3.05, 3.63) is 71.6 Å². The summed E-state index contributed by atoms with van der Waals surface area (Å²) >= 11 is 0. The van der Waals surface area contributed by atoms with E-state index in [1.165, 1.54) is 24.3 Å². The molecule has 8 heteroatoms. The van der Waals surface area contributed by atoms with Crippen LogP contribution in [0.2, 0.25) is 0 Å². The molecule has 7 nitrogen and oxygen atoms in total. The van der Waals surface area contributed by atoms with Crippen LogP contribution in [0.15, 0.2) is 54.6 Å². The number of nitrogens with one attached hydrogen (secondary N) is 3. The molecule has 0 atom stereocenters. The fourth-order valence-corrected chi connectivity index (χ4v) is 2.55. The van der Waals surface area contributed by atoms with Crippen LogP contribution in [0.1, 0.15) is 38.3 Å². The maximum absolute atomic E-state index is 13.1. The Kier molecular flexibility index (Phi) is 8.95. The number of hydrogen-bond donors (Lipinski definition) is 3. The normalized spacial score (nSPS) is 11.1. The van der Waals surface area contributed by atoms with Gasteiger partial charge in [-0.15, -0.1) is 0 Å². The minimum Gasteiger partial charge on any atom is -0.444 e. The van der Waals surface area contributed by atoms with Crippen LogP contribution in [0.3, 0.4) is 0 Å². The van der Waals surface area contributed by atoms with Gasteiger partial charge < -0.3 is 20.7 Å². The Balaban J connectivity index is 1.71. The second-order valence-corrected chi connectivity index (χ2v) is 8.03. The summed E-state index contributed by atoms with van der Waals surface area (Å²) in [6.45, 7) is 5.75. The van der Waals surface area contributed by atoms with Crippen molar-refractivity contribution < 1.29 is 23.5 Å². The molecule has 0 unspecified atom stereocenters. The van der Waals surface area contributed by atoms with Gasteiger partial charge in [-0.25, -0.2) is 9.18 Å². The predicted molar refractivity (Wildman–Crippen MR) is 121 cm³/mol. The quantitative estimate of drug-likeness (QED) is 0.540. The van der Waals surface area contributed by atoms with Gasteiger partial charge in [0, 0.05) is 31.3 Å². The Morgan fingerprint density at radius 3 is 2.41 bits per heavy atom. The van der Waals surface area contributed by atoms with Gasteiger partial charge in [0.2, 0.25) is 11.8 Å². The zero-order valence-corrected chi connectivity index (χ0v) is 18.4. The maximum Gasteiger partial charge on any atom is 0.407 e. The third kappa shape index (κ3) is 9.88. The molecule has 0 aliphatic carbocycles. The highest BCUT2D eigenvalue weighted by Gasteiger charge is 2.15. The van der Waals surface area contributed by atoms with Gasteiger partial charge in [0.25, 0.3) is 0 Å². The average Bonchev–Trinajstić information content (AvgIpc) is 2.70. The number of anilines is 1. The van der Waals surface area contributed by atoms with Crippen molar-refractivity contribution in [1.29, 1.82) is 0 Å². The highest BCUT2D eigenvalue weighted by molar-refractivity contribution is 5.92. The van der Waals surface area contributed by atoms with E-state index in [1.54, 1.807) is 57.2 Å². The summed E-state index contributed by atoms with van der Waals surface area (Å²) in [7, 11) is 0. The van der Waals surface area contributed by atoms with Gasteiger partial charge in [0.1, 0.15) is 11.4 Å². The van der Waals surface area contributed by atoms with Crippen molar-refractivity contribution in [2.24, 2.45) is 0 Å². The molecule has 0 bridgehead atoms. The van der Waals surface area contributed by atoms with E-state index in [1.807, 2.05) is 0 Å². The van der Waals surface area contributed by atoms with Crippen molar-refractivity contribution in [2.75, 3.05) is 11.9 Å². The number of benzene rings is 2. The lowest BCUT2D eigenvalue weighted by molar-refractivity contribution is -0.117. The Labute approximate surface area is 187 Å². The summed E-state index contributed by atoms with van der Waals surface area (Å²) in [5.74, 6) is -0.909. The number of rotatable bonds is 8. The van der Waals surface area contributed by atoms with Crippen LogP contribution in [-0.2, 0) is 20.9 Å². The minimum absolute atomic E-state index is 0.106. The third-order valence-electron chi connectivity index (χ3n) is 4.00. The van der Waals surface area contributed by atoms with Gasteiger partial charge in [-0.1, -0.05) is 24.3 Å². The highest BCUT2D eigenvalue weighted by atomic mass is 19.1. The number of alkyl carbamates (subject to hydrolysis) is 1. The summed E-state index contributed by atoms with van der Waals surface area (Å²) < 4.78 is 18.2. The molecule has 0 heterocycles. The van der Waals surface area contributed by atoms with E-state index in [0.29, 0.717) is 17.8 Å². The molecule has 2 aromatic carbocycles. The summed E-state index contributed by atoms with van der Waals surface area (Å²) in [6, 6.07) is 13.0. The van der Waals surface area contributed by atoms with Gasteiger partial charge >= 0.3 is 6.09 Å². The number of hydrogen-bond acceptors (Lipinski definition) is 4. The summed E-state index contributed by atoms with van der Waals surface area (Å²) in [4.78, 5) is 35.5. The molecule has 0 aliphatic rings. The first kappa shape index (κ1) is 24.6. The first-order chi connectivity index (χ1) is 15.1. The van der Waals surface area contributed by atoms with Crippen LogP contribution in [0.4, 0.5) is 14.9 Å². The van der Waals surface area contributed by atoms with Gasteiger partial charge in [-0.2, -0.15) is 0 Å². The predicted octanol–water partition coefficient (Wildman–Crippen LogP) is 4.01. The summed E-state index contributed by atoms with van der Waals surface area (Å²) in [5.41, 5.74) is 1.46. The van der Waals surface area contributed by atoms with Crippen molar-refractivity contribution >= 4 is 29.7 Å². The molecule has 2 aromatic rings. The van der Waals surface area contributed by atoms with Crippen LogP contribution >= 0.6 is 0 Å². The molecule has 3 N–H and O–H groups in total. The standard InChI is InChI=1S/C24H28FN3O4/c1-24(2,3)32-23(31)26-14-13-22(30)28-20-10-7-18(8-11-20)16-27-21(29)12-9-17-5-4-6-19(25)15-17/h4-12,15H,13-14,16H2,1-3H3,(H,26,31)(H,27,29)(H,28,30)/b12-9+. The van der Waals surface area contributed by atoms with Gasteiger partial charge in [-0.05, 0) is 62.2 Å². The van der Waals surface area contributed by atoms with E-state index in [-0.39, 0.29) is 30.6 Å². The first-order valence-electron chi connectivity index (χ1n) is 10.2. The molecule has 0 aromatic heterocycles. The van der Waals surface area contributed by atoms with Crippen molar-refractivity contribution in [3.8, 4) is 0 Å².